The van der Waals surface area contributed by atoms with E-state index in [9.17, 15) is 0 Å². The Morgan fingerprint density at radius 1 is 1.33 bits per heavy atom. The van der Waals surface area contributed by atoms with Crippen molar-refractivity contribution in [1.29, 1.82) is 0 Å². The van der Waals surface area contributed by atoms with E-state index in [2.05, 4.69) is 25.3 Å². The molecule has 1 aliphatic rings. The van der Waals surface area contributed by atoms with Crippen LogP contribution in [0.2, 0.25) is 0 Å². The Labute approximate surface area is 105 Å². The molecule has 1 saturated carbocycles. The Balaban J connectivity index is 1.83. The fraction of sp³-hybridized carbons (Fsp3) is 0.583. The van der Waals surface area contributed by atoms with Crippen LogP contribution in [0, 0.1) is 5.92 Å². The van der Waals surface area contributed by atoms with Crippen LogP contribution in [0.25, 0.3) is 11.2 Å². The molecule has 2 heterocycles. The average molecular weight is 246 g/mol. The maximum absolute atomic E-state index is 5.89. The summed E-state index contributed by atoms with van der Waals surface area (Å²) in [5.41, 5.74) is 7.43. The molecule has 0 aliphatic heterocycles. The molecule has 0 bridgehead atoms. The Morgan fingerprint density at radius 3 is 2.94 bits per heavy atom. The van der Waals surface area contributed by atoms with Crippen LogP contribution in [0.5, 0.6) is 0 Å². The van der Waals surface area contributed by atoms with Gasteiger partial charge in [-0.25, -0.2) is 15.0 Å². The molecule has 4 N–H and O–H groups in total. The minimum Gasteiger partial charge on any atom is -0.364 e. The van der Waals surface area contributed by atoms with Gasteiger partial charge < -0.3 is 16.0 Å². The molecule has 2 aromatic heterocycles. The minimum absolute atomic E-state index is 0.286. The number of aromatic nitrogens is 4. The van der Waals surface area contributed by atoms with Gasteiger partial charge in [0.1, 0.15) is 11.8 Å². The van der Waals surface area contributed by atoms with E-state index in [1.807, 2.05) is 0 Å². The number of aromatic amines is 1. The van der Waals surface area contributed by atoms with Crippen LogP contribution in [0.4, 0.5) is 5.82 Å². The zero-order valence-electron chi connectivity index (χ0n) is 10.3. The molecular formula is C12H18N6. The molecule has 1 atom stereocenters. The summed E-state index contributed by atoms with van der Waals surface area (Å²) >= 11 is 0. The number of nitrogens with one attached hydrogen (secondary N) is 2. The van der Waals surface area contributed by atoms with Crippen molar-refractivity contribution in [2.24, 2.45) is 11.7 Å². The largest absolute Gasteiger partial charge is 0.364 e. The van der Waals surface area contributed by atoms with Crippen molar-refractivity contribution < 1.29 is 0 Å². The van der Waals surface area contributed by atoms with E-state index in [4.69, 9.17) is 5.73 Å². The van der Waals surface area contributed by atoms with Crippen LogP contribution in [0.3, 0.4) is 0 Å². The smallest absolute Gasteiger partial charge is 0.182 e. The first-order valence-electron chi connectivity index (χ1n) is 6.49. The van der Waals surface area contributed by atoms with Crippen LogP contribution < -0.4 is 11.1 Å². The second-order valence-corrected chi connectivity index (χ2v) is 4.85. The van der Waals surface area contributed by atoms with Gasteiger partial charge in [0.05, 0.1) is 6.33 Å². The normalized spacial score (nSPS) is 18.3. The van der Waals surface area contributed by atoms with Gasteiger partial charge in [-0.15, -0.1) is 0 Å². The van der Waals surface area contributed by atoms with Crippen LogP contribution in [0.1, 0.15) is 25.7 Å². The quantitative estimate of drug-likeness (QED) is 0.755. The maximum atomic E-state index is 5.89. The van der Waals surface area contributed by atoms with Gasteiger partial charge >= 0.3 is 0 Å². The van der Waals surface area contributed by atoms with Crippen molar-refractivity contribution in [2.45, 2.75) is 31.7 Å². The molecule has 1 unspecified atom stereocenters. The lowest BCUT2D eigenvalue weighted by Crippen LogP contribution is -2.35. The van der Waals surface area contributed by atoms with Crippen LogP contribution in [0.15, 0.2) is 12.7 Å². The number of rotatable bonds is 4. The predicted molar refractivity (Wildman–Crippen MR) is 70.1 cm³/mol. The van der Waals surface area contributed by atoms with Gasteiger partial charge in [-0.3, -0.25) is 0 Å². The van der Waals surface area contributed by atoms with Crippen molar-refractivity contribution >= 4 is 17.0 Å². The number of fused-ring (bicyclic) bond motifs is 1. The van der Waals surface area contributed by atoms with E-state index in [1.54, 1.807) is 6.33 Å². The first kappa shape index (κ1) is 11.4. The van der Waals surface area contributed by atoms with Gasteiger partial charge in [0.15, 0.2) is 11.5 Å². The lowest BCUT2D eigenvalue weighted by atomic mass is 9.98. The fourth-order valence-corrected chi connectivity index (χ4v) is 2.78. The molecule has 0 aromatic carbocycles. The van der Waals surface area contributed by atoms with Crippen molar-refractivity contribution in [3.8, 4) is 0 Å². The van der Waals surface area contributed by atoms with E-state index in [1.165, 1.54) is 32.0 Å². The van der Waals surface area contributed by atoms with E-state index in [-0.39, 0.29) is 6.04 Å². The van der Waals surface area contributed by atoms with Gasteiger partial charge in [0.2, 0.25) is 0 Å². The van der Waals surface area contributed by atoms with Crippen molar-refractivity contribution in [1.82, 2.24) is 19.9 Å². The van der Waals surface area contributed by atoms with Gasteiger partial charge in [0.25, 0.3) is 0 Å². The summed E-state index contributed by atoms with van der Waals surface area (Å²) in [6.07, 6.45) is 8.31. The lowest BCUT2D eigenvalue weighted by molar-refractivity contribution is 0.461. The summed E-state index contributed by atoms with van der Waals surface area (Å²) in [5.74, 6) is 1.46. The standard InChI is InChI=1S/C12H18N6/c13-5-9(8-3-1-2-4-8)18-12-10-11(15-6-14-10)16-7-17-12/h6-9H,1-5,13H2,(H2,14,15,16,17,18). The van der Waals surface area contributed by atoms with Gasteiger partial charge in [-0.2, -0.15) is 0 Å². The summed E-state index contributed by atoms with van der Waals surface area (Å²) in [7, 11) is 0. The third-order valence-electron chi connectivity index (χ3n) is 3.77. The maximum Gasteiger partial charge on any atom is 0.182 e. The highest BCUT2D eigenvalue weighted by Crippen LogP contribution is 2.29. The number of anilines is 1. The molecule has 6 nitrogen and oxygen atoms in total. The fourth-order valence-electron chi connectivity index (χ4n) is 2.78. The van der Waals surface area contributed by atoms with Crippen molar-refractivity contribution in [2.75, 3.05) is 11.9 Å². The monoisotopic (exact) mass is 246 g/mol. The number of nitrogens with zero attached hydrogens (tertiary/aromatic N) is 3. The molecule has 0 saturated heterocycles. The third kappa shape index (κ3) is 2.03. The third-order valence-corrected chi connectivity index (χ3v) is 3.77. The Kier molecular flexibility index (Phi) is 3.10. The second kappa shape index (κ2) is 4.89. The summed E-state index contributed by atoms with van der Waals surface area (Å²) < 4.78 is 0. The molecular weight excluding hydrogens is 228 g/mol. The Bertz CT molecular complexity index is 516. The van der Waals surface area contributed by atoms with Gasteiger partial charge in [-0.1, -0.05) is 12.8 Å². The SMILES string of the molecule is NCC(Nc1ncnc2nc[nH]c12)C1CCCC1. The van der Waals surface area contributed by atoms with Gasteiger partial charge in [-0.05, 0) is 18.8 Å². The number of nitrogens with two attached hydrogens (primary N) is 1. The Hall–Kier alpha value is -1.69. The first-order valence-corrected chi connectivity index (χ1v) is 6.49. The topological polar surface area (TPSA) is 92.5 Å². The molecule has 1 fully saturated rings. The average Bonchev–Trinajstić information content (AvgIpc) is 3.06. The van der Waals surface area contributed by atoms with Gasteiger partial charge in [0, 0.05) is 12.6 Å². The summed E-state index contributed by atoms with van der Waals surface area (Å²) in [6, 6.07) is 0.286. The van der Waals surface area contributed by atoms with Crippen LogP contribution in [-0.4, -0.2) is 32.5 Å². The molecule has 0 spiro atoms. The number of hydrogen-bond donors (Lipinski definition) is 3. The summed E-state index contributed by atoms with van der Waals surface area (Å²) in [5, 5.41) is 3.45. The molecule has 96 valence electrons. The molecule has 0 radical (unpaired) electrons. The van der Waals surface area contributed by atoms with E-state index >= 15 is 0 Å². The molecule has 0 amide bonds. The number of imidazole rings is 1. The minimum atomic E-state index is 0.286. The first-order chi connectivity index (χ1) is 8.88. The Morgan fingerprint density at radius 2 is 2.17 bits per heavy atom. The highest BCUT2D eigenvalue weighted by atomic mass is 15.1. The molecule has 18 heavy (non-hydrogen) atoms. The predicted octanol–water partition coefficient (Wildman–Crippen LogP) is 1.28. The number of H-pyrrole nitrogens is 1. The van der Waals surface area contributed by atoms with Crippen LogP contribution in [-0.2, 0) is 0 Å². The molecule has 1 aliphatic carbocycles. The van der Waals surface area contributed by atoms with Crippen LogP contribution >= 0.6 is 0 Å². The van der Waals surface area contributed by atoms with E-state index < -0.39 is 0 Å². The lowest BCUT2D eigenvalue weighted by Gasteiger charge is -2.23. The van der Waals surface area contributed by atoms with E-state index in [0.29, 0.717) is 18.1 Å². The second-order valence-electron chi connectivity index (χ2n) is 4.85. The van der Waals surface area contributed by atoms with E-state index in [0.717, 1.165) is 11.3 Å². The van der Waals surface area contributed by atoms with Crippen molar-refractivity contribution in [3.63, 3.8) is 0 Å². The summed E-state index contributed by atoms with van der Waals surface area (Å²) in [4.78, 5) is 15.6. The summed E-state index contributed by atoms with van der Waals surface area (Å²) in [6.45, 7) is 0.629. The number of hydrogen-bond acceptors (Lipinski definition) is 5. The highest BCUT2D eigenvalue weighted by Gasteiger charge is 2.24. The highest BCUT2D eigenvalue weighted by molar-refractivity contribution is 5.82. The zero-order valence-corrected chi connectivity index (χ0v) is 10.3. The zero-order chi connectivity index (χ0) is 12.4. The molecule has 6 heteroatoms. The van der Waals surface area contributed by atoms with Crippen molar-refractivity contribution in [3.05, 3.63) is 12.7 Å². The molecule has 3 rings (SSSR count). The molecule has 2 aromatic rings.